The number of rotatable bonds is 3. The number of esters is 1. The molecule has 6 heteroatoms. The van der Waals surface area contributed by atoms with Gasteiger partial charge in [-0.3, -0.25) is 0 Å². The molecule has 2 rings (SSSR count). The highest BCUT2D eigenvalue weighted by Gasteiger charge is 2.43. The third kappa shape index (κ3) is 3.75. The Morgan fingerprint density at radius 2 is 1.61 bits per heavy atom. The molecule has 0 unspecified atom stereocenters. The highest BCUT2D eigenvalue weighted by Crippen LogP contribution is 2.41. The molecule has 0 bridgehead atoms. The van der Waals surface area contributed by atoms with Crippen molar-refractivity contribution in [3.63, 3.8) is 0 Å². The predicted octanol–water partition coefficient (Wildman–Crippen LogP) is 2.95. The fourth-order valence-corrected chi connectivity index (χ4v) is 3.08. The summed E-state index contributed by atoms with van der Waals surface area (Å²) in [5.74, 6) is -0.332. The van der Waals surface area contributed by atoms with Crippen LogP contribution < -0.4 is 0 Å². The molecule has 0 fully saturated rings. The Morgan fingerprint density at radius 3 is 2.04 bits per heavy atom. The van der Waals surface area contributed by atoms with Gasteiger partial charge in [-0.25, -0.2) is 13.2 Å². The van der Waals surface area contributed by atoms with Crippen LogP contribution in [0, 0.1) is 0 Å². The Hall–Kier alpha value is -1.82. The van der Waals surface area contributed by atoms with Gasteiger partial charge in [0.05, 0.1) is 10.5 Å². The first-order valence-corrected chi connectivity index (χ1v) is 9.18. The van der Waals surface area contributed by atoms with Crippen LogP contribution in [0.4, 0.5) is 0 Å². The van der Waals surface area contributed by atoms with Gasteiger partial charge in [-0.2, -0.15) is 0 Å². The van der Waals surface area contributed by atoms with Gasteiger partial charge in [-0.15, -0.1) is 0 Å². The Bertz CT molecular complexity index is 762. The van der Waals surface area contributed by atoms with Crippen LogP contribution in [0.2, 0.25) is 0 Å². The van der Waals surface area contributed by atoms with E-state index >= 15 is 0 Å². The van der Waals surface area contributed by atoms with Gasteiger partial charge in [-0.1, -0.05) is 12.1 Å². The van der Waals surface area contributed by atoms with Crippen LogP contribution in [0.5, 0.6) is 0 Å². The Balaban J connectivity index is 2.57. The van der Waals surface area contributed by atoms with Gasteiger partial charge < -0.3 is 9.47 Å². The number of hydrogen-bond donors (Lipinski definition) is 0. The van der Waals surface area contributed by atoms with Crippen molar-refractivity contribution in [2.24, 2.45) is 0 Å². The van der Waals surface area contributed by atoms with Gasteiger partial charge in [0.15, 0.2) is 9.84 Å². The third-order valence-corrected chi connectivity index (χ3v) is 4.47. The maximum absolute atomic E-state index is 12.2. The van der Waals surface area contributed by atoms with Crippen LogP contribution >= 0.6 is 0 Å². The molecule has 0 aliphatic carbocycles. The van der Waals surface area contributed by atoms with Gasteiger partial charge in [-0.05, 0) is 52.3 Å². The molecular formula is C17H22O5S. The van der Waals surface area contributed by atoms with E-state index in [0.29, 0.717) is 11.1 Å². The van der Waals surface area contributed by atoms with E-state index < -0.39 is 27.0 Å². The Kier molecular flexibility index (Phi) is 4.09. The number of ether oxygens (including phenoxy) is 2. The van der Waals surface area contributed by atoms with Gasteiger partial charge in [0.25, 0.3) is 0 Å². The van der Waals surface area contributed by atoms with E-state index in [1.165, 1.54) is 12.1 Å². The predicted molar refractivity (Wildman–Crippen MR) is 87.5 cm³/mol. The Morgan fingerprint density at radius 1 is 1.09 bits per heavy atom. The van der Waals surface area contributed by atoms with Crippen molar-refractivity contribution in [2.75, 3.05) is 6.26 Å². The van der Waals surface area contributed by atoms with Crippen LogP contribution in [-0.4, -0.2) is 31.8 Å². The first-order chi connectivity index (χ1) is 10.3. The summed E-state index contributed by atoms with van der Waals surface area (Å²) < 4.78 is 34.4. The molecular weight excluding hydrogens is 316 g/mol. The summed E-state index contributed by atoms with van der Waals surface area (Å²) in [5.41, 5.74) is -0.0678. The fourth-order valence-electron chi connectivity index (χ4n) is 2.45. The lowest BCUT2D eigenvalue weighted by Crippen LogP contribution is -2.22. The number of sulfone groups is 1. The van der Waals surface area contributed by atoms with E-state index in [2.05, 4.69) is 0 Å². The van der Waals surface area contributed by atoms with E-state index in [0.717, 1.165) is 6.26 Å². The van der Waals surface area contributed by atoms with Crippen molar-refractivity contribution >= 4 is 21.4 Å². The van der Waals surface area contributed by atoms with Gasteiger partial charge >= 0.3 is 5.97 Å². The van der Waals surface area contributed by atoms with Crippen molar-refractivity contribution in [1.82, 2.24) is 0 Å². The summed E-state index contributed by atoms with van der Waals surface area (Å²) in [6, 6.07) is 6.37. The molecule has 0 atom stereocenters. The quantitative estimate of drug-likeness (QED) is 0.793. The van der Waals surface area contributed by atoms with Gasteiger partial charge in [0.1, 0.15) is 11.2 Å². The number of cyclic esters (lactones) is 1. The third-order valence-electron chi connectivity index (χ3n) is 3.34. The minimum atomic E-state index is -3.27. The maximum Gasteiger partial charge on any atom is 0.374 e. The number of carbonyl (C=O) groups is 1. The van der Waals surface area contributed by atoms with Crippen LogP contribution in [0.15, 0.2) is 34.9 Å². The molecule has 0 spiro atoms. The van der Waals surface area contributed by atoms with Gasteiger partial charge in [0.2, 0.25) is 5.76 Å². The first-order valence-electron chi connectivity index (χ1n) is 7.29. The second-order valence-corrected chi connectivity index (χ2v) is 9.13. The lowest BCUT2D eigenvalue weighted by molar-refractivity contribution is -0.149. The zero-order chi connectivity index (χ0) is 17.6. The zero-order valence-corrected chi connectivity index (χ0v) is 15.1. The van der Waals surface area contributed by atoms with Crippen LogP contribution in [0.25, 0.3) is 5.57 Å². The molecule has 0 saturated carbocycles. The summed E-state index contributed by atoms with van der Waals surface area (Å²) in [4.78, 5) is 12.4. The zero-order valence-electron chi connectivity index (χ0n) is 14.3. The van der Waals surface area contributed by atoms with Crippen molar-refractivity contribution in [3.05, 3.63) is 35.6 Å². The molecule has 1 aromatic carbocycles. The highest BCUT2D eigenvalue weighted by atomic mass is 32.2. The highest BCUT2D eigenvalue weighted by molar-refractivity contribution is 7.90. The second kappa shape index (κ2) is 5.37. The monoisotopic (exact) mass is 338 g/mol. The molecule has 0 saturated heterocycles. The molecule has 126 valence electrons. The molecule has 0 N–H and O–H groups in total. The standard InChI is InChI=1S/C17H22O5S/c1-16(2,3)21-14-13(17(4,5)22-15(14)18)11-7-9-12(10-8-11)23(6,19)20/h7-10H,1-6H3. The average molecular weight is 338 g/mol. The molecule has 0 amide bonds. The van der Waals surface area contributed by atoms with Crippen LogP contribution in [0.1, 0.15) is 40.2 Å². The molecule has 1 aromatic rings. The number of hydrogen-bond acceptors (Lipinski definition) is 5. The maximum atomic E-state index is 12.2. The molecule has 5 nitrogen and oxygen atoms in total. The van der Waals surface area contributed by atoms with Crippen LogP contribution in [-0.2, 0) is 24.1 Å². The number of carbonyl (C=O) groups excluding carboxylic acids is 1. The summed E-state index contributed by atoms with van der Waals surface area (Å²) in [6.45, 7) is 9.11. The summed E-state index contributed by atoms with van der Waals surface area (Å²) >= 11 is 0. The fraction of sp³-hybridized carbons (Fsp3) is 0.471. The van der Waals surface area contributed by atoms with E-state index in [-0.39, 0.29) is 10.7 Å². The summed E-state index contributed by atoms with van der Waals surface area (Å²) in [5, 5.41) is 0. The average Bonchev–Trinajstić information content (AvgIpc) is 2.56. The smallest absolute Gasteiger partial charge is 0.374 e. The van der Waals surface area contributed by atoms with Crippen molar-refractivity contribution in [2.45, 2.75) is 50.7 Å². The van der Waals surface area contributed by atoms with Crippen molar-refractivity contribution in [3.8, 4) is 0 Å². The van der Waals surface area contributed by atoms with Crippen molar-refractivity contribution < 1.29 is 22.7 Å². The number of benzene rings is 1. The van der Waals surface area contributed by atoms with E-state index in [1.807, 2.05) is 20.8 Å². The van der Waals surface area contributed by atoms with E-state index in [4.69, 9.17) is 9.47 Å². The minimum Gasteiger partial charge on any atom is -0.481 e. The summed E-state index contributed by atoms with van der Waals surface area (Å²) in [6.07, 6.45) is 1.15. The van der Waals surface area contributed by atoms with Crippen molar-refractivity contribution in [1.29, 1.82) is 0 Å². The van der Waals surface area contributed by atoms with Gasteiger partial charge in [0, 0.05) is 6.26 Å². The van der Waals surface area contributed by atoms with E-state index in [9.17, 15) is 13.2 Å². The molecule has 0 aromatic heterocycles. The minimum absolute atomic E-state index is 0.176. The normalized spacial score (nSPS) is 18.1. The topological polar surface area (TPSA) is 69.7 Å². The largest absolute Gasteiger partial charge is 0.481 e. The lowest BCUT2D eigenvalue weighted by Gasteiger charge is -2.23. The Labute approximate surface area is 137 Å². The second-order valence-electron chi connectivity index (χ2n) is 7.11. The SMILES string of the molecule is CC(C)(C)OC1=C(c2ccc(S(C)(=O)=O)cc2)C(C)(C)OC1=O. The molecule has 1 aliphatic heterocycles. The molecule has 23 heavy (non-hydrogen) atoms. The molecule has 1 heterocycles. The van der Waals surface area contributed by atoms with E-state index in [1.54, 1.807) is 26.0 Å². The summed E-state index contributed by atoms with van der Waals surface area (Å²) in [7, 11) is -3.27. The molecule has 1 aliphatic rings. The first kappa shape index (κ1) is 17.5. The molecule has 0 radical (unpaired) electrons. The lowest BCUT2D eigenvalue weighted by atomic mass is 9.91. The van der Waals surface area contributed by atoms with Crippen LogP contribution in [0.3, 0.4) is 0 Å².